The third kappa shape index (κ3) is 2.04. The van der Waals surface area contributed by atoms with Crippen LogP contribution in [0, 0.1) is 0 Å². The second kappa shape index (κ2) is 3.58. The molecule has 3 nitrogen and oxygen atoms in total. The third-order valence-corrected chi connectivity index (χ3v) is 2.70. The summed E-state index contributed by atoms with van der Waals surface area (Å²) in [6.45, 7) is 3.65. The fourth-order valence-electron chi connectivity index (χ4n) is 2.00. The molecule has 2 heterocycles. The molecule has 0 bridgehead atoms. The number of piperidine rings is 1. The van der Waals surface area contributed by atoms with Crippen LogP contribution in [0.3, 0.4) is 0 Å². The van der Waals surface area contributed by atoms with Crippen molar-refractivity contribution in [2.24, 2.45) is 0 Å². The lowest BCUT2D eigenvalue weighted by Gasteiger charge is -2.38. The number of nitrogens with zero attached hydrogens (tertiary/aromatic N) is 2. The number of pyridine rings is 1. The van der Waals surface area contributed by atoms with Crippen LogP contribution in [0.25, 0.3) is 0 Å². The molecule has 1 aliphatic heterocycles. The Bertz CT molecular complexity index is 297. The van der Waals surface area contributed by atoms with Gasteiger partial charge in [0.05, 0.1) is 5.60 Å². The highest BCUT2D eigenvalue weighted by atomic mass is 16.3. The van der Waals surface area contributed by atoms with E-state index in [0.717, 1.165) is 31.6 Å². The van der Waals surface area contributed by atoms with Crippen LogP contribution in [0.4, 0.5) is 5.69 Å². The van der Waals surface area contributed by atoms with Crippen molar-refractivity contribution in [1.29, 1.82) is 0 Å². The van der Waals surface area contributed by atoms with E-state index in [9.17, 15) is 5.11 Å². The zero-order chi connectivity index (χ0) is 10.0. The van der Waals surface area contributed by atoms with Crippen molar-refractivity contribution in [1.82, 2.24) is 4.98 Å². The lowest BCUT2D eigenvalue weighted by atomic mass is 9.95. The van der Waals surface area contributed by atoms with Crippen LogP contribution < -0.4 is 4.90 Å². The Morgan fingerprint density at radius 3 is 2.79 bits per heavy atom. The summed E-state index contributed by atoms with van der Waals surface area (Å²) >= 11 is 0. The summed E-state index contributed by atoms with van der Waals surface area (Å²) in [6.07, 6.45) is 5.53. The van der Waals surface area contributed by atoms with Crippen molar-refractivity contribution < 1.29 is 5.11 Å². The van der Waals surface area contributed by atoms with Crippen molar-refractivity contribution >= 4 is 5.69 Å². The van der Waals surface area contributed by atoms with Crippen molar-refractivity contribution in [3.63, 3.8) is 0 Å². The molecule has 0 aromatic carbocycles. The smallest absolute Gasteiger partial charge is 0.0794 e. The van der Waals surface area contributed by atoms with Gasteiger partial charge < -0.3 is 10.0 Å². The Hall–Kier alpha value is -1.09. The summed E-state index contributed by atoms with van der Waals surface area (Å²) in [5.74, 6) is 0. The first kappa shape index (κ1) is 9.46. The molecule has 1 atom stereocenters. The molecule has 1 aromatic rings. The van der Waals surface area contributed by atoms with Crippen LogP contribution >= 0.6 is 0 Å². The van der Waals surface area contributed by atoms with E-state index in [4.69, 9.17) is 0 Å². The van der Waals surface area contributed by atoms with Gasteiger partial charge in [-0.3, -0.25) is 4.98 Å². The van der Waals surface area contributed by atoms with Gasteiger partial charge >= 0.3 is 0 Å². The Morgan fingerprint density at radius 1 is 1.43 bits per heavy atom. The molecule has 0 unspecified atom stereocenters. The summed E-state index contributed by atoms with van der Waals surface area (Å²) in [6, 6.07) is 3.98. The van der Waals surface area contributed by atoms with Crippen molar-refractivity contribution in [2.45, 2.75) is 25.4 Å². The minimum absolute atomic E-state index is 0.540. The van der Waals surface area contributed by atoms with Crippen LogP contribution in [-0.2, 0) is 0 Å². The maximum atomic E-state index is 9.95. The Morgan fingerprint density at radius 2 is 2.14 bits per heavy atom. The van der Waals surface area contributed by atoms with Gasteiger partial charge in [-0.1, -0.05) is 0 Å². The van der Waals surface area contributed by atoms with E-state index in [1.807, 2.05) is 19.1 Å². The maximum absolute atomic E-state index is 9.95. The molecular weight excluding hydrogens is 176 g/mol. The topological polar surface area (TPSA) is 36.4 Å². The first-order valence-electron chi connectivity index (χ1n) is 5.05. The molecule has 1 aromatic heterocycles. The summed E-state index contributed by atoms with van der Waals surface area (Å²) in [4.78, 5) is 6.20. The molecule has 0 amide bonds. The van der Waals surface area contributed by atoms with Crippen LogP contribution in [0.2, 0.25) is 0 Å². The number of hydrogen-bond acceptors (Lipinski definition) is 3. The van der Waals surface area contributed by atoms with Gasteiger partial charge in [0, 0.05) is 31.2 Å². The van der Waals surface area contributed by atoms with Crippen LogP contribution in [0.15, 0.2) is 24.5 Å². The van der Waals surface area contributed by atoms with Crippen molar-refractivity contribution in [3.8, 4) is 0 Å². The first-order valence-corrected chi connectivity index (χ1v) is 5.05. The van der Waals surface area contributed by atoms with Gasteiger partial charge in [0.15, 0.2) is 0 Å². The SMILES string of the molecule is C[C@@]1(O)CCCN(c2ccncc2)C1. The number of hydrogen-bond donors (Lipinski definition) is 1. The van der Waals surface area contributed by atoms with E-state index in [1.54, 1.807) is 12.4 Å². The molecule has 0 saturated carbocycles. The Balaban J connectivity index is 2.12. The molecule has 1 aliphatic rings. The van der Waals surface area contributed by atoms with Gasteiger partial charge in [0.2, 0.25) is 0 Å². The monoisotopic (exact) mass is 192 g/mol. The molecule has 0 radical (unpaired) electrons. The van der Waals surface area contributed by atoms with Gasteiger partial charge in [-0.2, -0.15) is 0 Å². The van der Waals surface area contributed by atoms with Gasteiger partial charge in [0.25, 0.3) is 0 Å². The summed E-state index contributed by atoms with van der Waals surface area (Å²) in [5.41, 5.74) is 0.613. The maximum Gasteiger partial charge on any atom is 0.0794 e. The molecule has 3 heteroatoms. The van der Waals surface area contributed by atoms with E-state index in [0.29, 0.717) is 0 Å². The van der Waals surface area contributed by atoms with Gasteiger partial charge in [-0.25, -0.2) is 0 Å². The van der Waals surface area contributed by atoms with Gasteiger partial charge in [-0.15, -0.1) is 0 Å². The van der Waals surface area contributed by atoms with E-state index >= 15 is 0 Å². The lowest BCUT2D eigenvalue weighted by molar-refractivity contribution is 0.0449. The summed E-state index contributed by atoms with van der Waals surface area (Å²) in [7, 11) is 0. The fraction of sp³-hybridized carbons (Fsp3) is 0.545. The van der Waals surface area contributed by atoms with Crippen LogP contribution in [0.1, 0.15) is 19.8 Å². The molecule has 14 heavy (non-hydrogen) atoms. The highest BCUT2D eigenvalue weighted by Gasteiger charge is 2.28. The number of anilines is 1. The van der Waals surface area contributed by atoms with E-state index < -0.39 is 5.60 Å². The third-order valence-electron chi connectivity index (χ3n) is 2.70. The number of aromatic nitrogens is 1. The largest absolute Gasteiger partial charge is 0.388 e. The average Bonchev–Trinajstić information content (AvgIpc) is 2.18. The highest BCUT2D eigenvalue weighted by molar-refractivity contribution is 5.45. The van der Waals surface area contributed by atoms with Crippen LogP contribution in [-0.4, -0.2) is 28.8 Å². The molecular formula is C11H16N2O. The highest BCUT2D eigenvalue weighted by Crippen LogP contribution is 2.24. The van der Waals surface area contributed by atoms with Gasteiger partial charge in [-0.05, 0) is 31.9 Å². The standard InChI is InChI=1S/C11H16N2O/c1-11(14)5-2-8-13(9-11)10-3-6-12-7-4-10/h3-4,6-7,14H,2,5,8-9H2,1H3/t11-/m1/s1. The molecule has 0 spiro atoms. The second-order valence-electron chi connectivity index (χ2n) is 4.23. The first-order chi connectivity index (χ1) is 6.67. The molecule has 0 aliphatic carbocycles. The normalized spacial score (nSPS) is 27.7. The number of rotatable bonds is 1. The van der Waals surface area contributed by atoms with Crippen molar-refractivity contribution in [2.75, 3.05) is 18.0 Å². The lowest BCUT2D eigenvalue weighted by Crippen LogP contribution is -2.46. The zero-order valence-corrected chi connectivity index (χ0v) is 8.48. The Labute approximate surface area is 84.4 Å². The predicted octanol–water partition coefficient (Wildman–Crippen LogP) is 1.43. The summed E-state index contributed by atoms with van der Waals surface area (Å²) < 4.78 is 0. The fourth-order valence-corrected chi connectivity index (χ4v) is 2.00. The van der Waals surface area contributed by atoms with Crippen molar-refractivity contribution in [3.05, 3.63) is 24.5 Å². The molecule has 1 N–H and O–H groups in total. The van der Waals surface area contributed by atoms with E-state index in [-0.39, 0.29) is 0 Å². The van der Waals surface area contributed by atoms with E-state index in [1.165, 1.54) is 0 Å². The quantitative estimate of drug-likeness (QED) is 0.731. The van der Waals surface area contributed by atoms with Crippen LogP contribution in [0.5, 0.6) is 0 Å². The van der Waals surface area contributed by atoms with Gasteiger partial charge in [0.1, 0.15) is 0 Å². The molecule has 1 fully saturated rings. The number of aliphatic hydroxyl groups is 1. The molecule has 2 rings (SSSR count). The average molecular weight is 192 g/mol. The number of β-amino-alcohol motifs (C(OH)–C–C–N with tert-alkyl or cyclic N) is 1. The Kier molecular flexibility index (Phi) is 2.42. The second-order valence-corrected chi connectivity index (χ2v) is 4.23. The molecule has 1 saturated heterocycles. The minimum Gasteiger partial charge on any atom is -0.388 e. The zero-order valence-electron chi connectivity index (χ0n) is 8.48. The molecule has 76 valence electrons. The van der Waals surface area contributed by atoms with E-state index in [2.05, 4.69) is 9.88 Å². The minimum atomic E-state index is -0.540. The predicted molar refractivity (Wildman–Crippen MR) is 56.3 cm³/mol. The summed E-state index contributed by atoms with van der Waals surface area (Å²) in [5, 5.41) is 9.95.